The summed E-state index contributed by atoms with van der Waals surface area (Å²) in [5.41, 5.74) is 11.4. The van der Waals surface area contributed by atoms with E-state index in [0.717, 1.165) is 78.6 Å². The summed E-state index contributed by atoms with van der Waals surface area (Å²) in [6.45, 7) is 2.07. The summed E-state index contributed by atoms with van der Waals surface area (Å²) in [5.74, 6) is -0.220. The van der Waals surface area contributed by atoms with E-state index in [2.05, 4.69) is 29.4 Å². The van der Waals surface area contributed by atoms with Crippen LogP contribution in [0.5, 0.6) is 0 Å². The van der Waals surface area contributed by atoms with Gasteiger partial charge in [-0.25, -0.2) is 0 Å². The molecule has 2 aromatic carbocycles. The second-order valence-electron chi connectivity index (χ2n) is 10.3. The number of carbonyl (C=O) groups excluding carboxylic acids is 2. The van der Waals surface area contributed by atoms with E-state index in [1.165, 1.54) is 0 Å². The molecule has 3 aliphatic rings. The van der Waals surface area contributed by atoms with E-state index in [0.29, 0.717) is 18.0 Å². The number of likely N-dealkylation sites (tertiary alicyclic amines) is 1. The van der Waals surface area contributed by atoms with E-state index in [1.807, 2.05) is 34.9 Å². The summed E-state index contributed by atoms with van der Waals surface area (Å²) >= 11 is 0. The Hall–Kier alpha value is -3.12. The summed E-state index contributed by atoms with van der Waals surface area (Å²) in [7, 11) is 2.14. The average molecular weight is 443 g/mol. The first-order chi connectivity index (χ1) is 15.9. The van der Waals surface area contributed by atoms with Crippen LogP contribution in [0.1, 0.15) is 53.0 Å². The molecule has 6 heteroatoms. The molecule has 3 heterocycles. The van der Waals surface area contributed by atoms with Crippen molar-refractivity contribution in [1.29, 1.82) is 0 Å². The minimum absolute atomic E-state index is 0.151. The zero-order valence-electron chi connectivity index (χ0n) is 19.1. The van der Waals surface area contributed by atoms with Crippen molar-refractivity contribution in [2.45, 2.75) is 44.6 Å². The molecular weight excluding hydrogens is 412 g/mol. The molecule has 0 atom stereocenters. The third-order valence-electron chi connectivity index (χ3n) is 7.90. The topological polar surface area (TPSA) is 80.4 Å². The van der Waals surface area contributed by atoms with Crippen molar-refractivity contribution in [1.82, 2.24) is 9.47 Å². The average Bonchev–Trinajstić information content (AvgIpc) is 3.44. The maximum absolute atomic E-state index is 13.2. The van der Waals surface area contributed by atoms with Crippen LogP contribution >= 0.6 is 0 Å². The van der Waals surface area contributed by atoms with E-state index in [9.17, 15) is 9.59 Å². The van der Waals surface area contributed by atoms with Gasteiger partial charge in [0.1, 0.15) is 0 Å². The molecule has 1 spiro atoms. The second-order valence-corrected chi connectivity index (χ2v) is 10.3. The van der Waals surface area contributed by atoms with E-state index in [4.69, 9.17) is 5.73 Å². The SMILES string of the molecule is CN1CCC(Nc2cc(-c3c4n(c5ccccc35)C(=O)CC3(CC3)C4)ccc2C(N)=O)CC1. The number of nitrogens with two attached hydrogens (primary N) is 1. The molecule has 1 aliphatic carbocycles. The molecule has 1 saturated heterocycles. The lowest BCUT2D eigenvalue weighted by atomic mass is 9.88. The van der Waals surface area contributed by atoms with Gasteiger partial charge in [-0.05, 0) is 81.4 Å². The Labute approximate surface area is 193 Å². The monoisotopic (exact) mass is 442 g/mol. The van der Waals surface area contributed by atoms with Crippen LogP contribution in [0.3, 0.4) is 0 Å². The van der Waals surface area contributed by atoms with Gasteiger partial charge in [0, 0.05) is 34.8 Å². The molecule has 6 nitrogen and oxygen atoms in total. The highest BCUT2D eigenvalue weighted by Gasteiger charge is 2.49. The highest BCUT2D eigenvalue weighted by molar-refractivity contribution is 6.06. The molecule has 170 valence electrons. The minimum atomic E-state index is -0.423. The molecule has 33 heavy (non-hydrogen) atoms. The fraction of sp³-hybridized carbons (Fsp3) is 0.407. The molecule has 1 aromatic heterocycles. The maximum atomic E-state index is 13.2. The standard InChI is InChI=1S/C27H30N4O2/c1-30-12-8-18(9-13-30)29-21-14-17(6-7-19(21)26(28)33)25-20-4-2-3-5-22(20)31-23(25)15-27(10-11-27)16-24(31)32/h2-7,14,18,29H,8-13,15-16H2,1H3,(H2,28,33). The van der Waals surface area contributed by atoms with Crippen LogP contribution in [0.2, 0.25) is 0 Å². The molecule has 3 N–H and O–H groups in total. The van der Waals surface area contributed by atoms with Gasteiger partial charge in [-0.2, -0.15) is 0 Å². The number of primary amides is 1. The third-order valence-corrected chi connectivity index (χ3v) is 7.90. The van der Waals surface area contributed by atoms with Gasteiger partial charge in [0.25, 0.3) is 5.91 Å². The first-order valence-corrected chi connectivity index (χ1v) is 12.0. The molecule has 2 fully saturated rings. The Morgan fingerprint density at radius 2 is 1.85 bits per heavy atom. The number of fused-ring (bicyclic) bond motifs is 3. The Bertz CT molecular complexity index is 1280. The van der Waals surface area contributed by atoms with Crippen molar-refractivity contribution in [3.05, 3.63) is 53.7 Å². The molecule has 1 saturated carbocycles. The van der Waals surface area contributed by atoms with Crippen LogP contribution < -0.4 is 11.1 Å². The Balaban J connectivity index is 1.48. The fourth-order valence-electron chi connectivity index (χ4n) is 5.82. The van der Waals surface area contributed by atoms with E-state index < -0.39 is 5.91 Å². The predicted octanol–water partition coefficient (Wildman–Crippen LogP) is 4.28. The van der Waals surface area contributed by atoms with Crippen molar-refractivity contribution in [2.75, 3.05) is 25.5 Å². The van der Waals surface area contributed by atoms with Crippen molar-refractivity contribution in [3.8, 4) is 11.1 Å². The number of carbonyl (C=O) groups is 2. The van der Waals surface area contributed by atoms with Gasteiger partial charge in [0.05, 0.1) is 11.1 Å². The zero-order chi connectivity index (χ0) is 22.7. The lowest BCUT2D eigenvalue weighted by Crippen LogP contribution is -2.37. The van der Waals surface area contributed by atoms with Crippen LogP contribution in [0.25, 0.3) is 22.0 Å². The molecular formula is C27H30N4O2. The van der Waals surface area contributed by atoms with E-state index >= 15 is 0 Å². The maximum Gasteiger partial charge on any atom is 0.250 e. The predicted molar refractivity (Wildman–Crippen MR) is 131 cm³/mol. The summed E-state index contributed by atoms with van der Waals surface area (Å²) in [6.07, 6.45) is 5.88. The fourth-order valence-corrected chi connectivity index (χ4v) is 5.82. The highest BCUT2D eigenvalue weighted by atomic mass is 16.2. The Morgan fingerprint density at radius 3 is 2.58 bits per heavy atom. The molecule has 0 bridgehead atoms. The summed E-state index contributed by atoms with van der Waals surface area (Å²) in [5, 5.41) is 4.71. The van der Waals surface area contributed by atoms with Gasteiger partial charge in [0.2, 0.25) is 5.91 Å². The Morgan fingerprint density at radius 1 is 1.09 bits per heavy atom. The smallest absolute Gasteiger partial charge is 0.250 e. The number of nitrogens with zero attached hydrogens (tertiary/aromatic N) is 2. The van der Waals surface area contributed by atoms with Gasteiger partial charge >= 0.3 is 0 Å². The van der Waals surface area contributed by atoms with Gasteiger partial charge in [0.15, 0.2) is 0 Å². The van der Waals surface area contributed by atoms with Gasteiger partial charge < -0.3 is 16.0 Å². The first-order valence-electron chi connectivity index (χ1n) is 12.0. The van der Waals surface area contributed by atoms with Crippen molar-refractivity contribution in [2.24, 2.45) is 11.1 Å². The van der Waals surface area contributed by atoms with Crippen LogP contribution in [0.15, 0.2) is 42.5 Å². The van der Waals surface area contributed by atoms with Gasteiger partial charge in [-0.1, -0.05) is 24.3 Å². The van der Waals surface area contributed by atoms with Crippen molar-refractivity contribution in [3.63, 3.8) is 0 Å². The Kier molecular flexibility index (Phi) is 4.63. The number of hydrogen-bond acceptors (Lipinski definition) is 4. The van der Waals surface area contributed by atoms with Gasteiger partial charge in [-0.3, -0.25) is 14.2 Å². The number of piperidine rings is 1. The van der Waals surface area contributed by atoms with Crippen molar-refractivity contribution < 1.29 is 9.59 Å². The van der Waals surface area contributed by atoms with Crippen LogP contribution in [0.4, 0.5) is 5.69 Å². The number of aromatic nitrogens is 1. The molecule has 6 rings (SSSR count). The van der Waals surface area contributed by atoms with Crippen molar-refractivity contribution >= 4 is 28.4 Å². The lowest BCUT2D eigenvalue weighted by Gasteiger charge is -2.30. The van der Waals surface area contributed by atoms with Crippen LogP contribution in [-0.2, 0) is 6.42 Å². The lowest BCUT2D eigenvalue weighted by molar-refractivity contribution is 0.0851. The normalized spacial score (nSPS) is 20.2. The second kappa shape index (κ2) is 7.45. The largest absolute Gasteiger partial charge is 0.382 e. The van der Waals surface area contributed by atoms with Gasteiger partial charge in [-0.15, -0.1) is 0 Å². The molecule has 3 aromatic rings. The molecule has 1 amide bonds. The number of rotatable bonds is 4. The van der Waals surface area contributed by atoms with E-state index in [1.54, 1.807) is 0 Å². The number of amides is 1. The zero-order valence-corrected chi connectivity index (χ0v) is 19.1. The summed E-state index contributed by atoms with van der Waals surface area (Å²) in [6, 6.07) is 14.4. The van der Waals surface area contributed by atoms with Crippen LogP contribution in [0, 0.1) is 5.41 Å². The minimum Gasteiger partial charge on any atom is -0.382 e. The molecule has 2 aliphatic heterocycles. The third kappa shape index (κ3) is 3.44. The number of benzene rings is 2. The highest BCUT2D eigenvalue weighted by Crippen LogP contribution is 2.56. The molecule has 0 unspecified atom stereocenters. The molecule has 0 radical (unpaired) electrons. The summed E-state index contributed by atoms with van der Waals surface area (Å²) in [4.78, 5) is 27.7. The van der Waals surface area contributed by atoms with E-state index in [-0.39, 0.29) is 11.3 Å². The van der Waals surface area contributed by atoms with Crippen LogP contribution in [-0.4, -0.2) is 47.5 Å². The first kappa shape index (κ1) is 20.5. The number of para-hydroxylation sites is 1. The summed E-state index contributed by atoms with van der Waals surface area (Å²) < 4.78 is 1.94. The number of hydrogen-bond donors (Lipinski definition) is 2. The number of anilines is 1. The quantitative estimate of drug-likeness (QED) is 0.632. The number of nitrogens with one attached hydrogen (secondary N) is 1.